The van der Waals surface area contributed by atoms with Crippen molar-refractivity contribution in [3.05, 3.63) is 48.5 Å². The molecule has 0 saturated carbocycles. The highest BCUT2D eigenvalue weighted by atomic mass is 16.5. The number of aromatic nitrogens is 2. The second-order valence-electron chi connectivity index (χ2n) is 4.84. The number of hydrogen-bond donors (Lipinski definition) is 1. The van der Waals surface area contributed by atoms with Gasteiger partial charge in [0.25, 0.3) is 0 Å². The number of benzene rings is 1. The summed E-state index contributed by atoms with van der Waals surface area (Å²) in [7, 11) is 1.69. The monoisotopic (exact) mass is 259 g/mol. The highest BCUT2D eigenvalue weighted by Crippen LogP contribution is 2.11. The molecule has 2 aromatic rings. The molecule has 1 aromatic heterocycles. The van der Waals surface area contributed by atoms with Crippen LogP contribution in [0.15, 0.2) is 43.0 Å². The summed E-state index contributed by atoms with van der Waals surface area (Å²) in [5, 5.41) is 3.48. The van der Waals surface area contributed by atoms with Gasteiger partial charge in [0.1, 0.15) is 5.75 Å². The quantitative estimate of drug-likeness (QED) is 0.829. The van der Waals surface area contributed by atoms with E-state index >= 15 is 0 Å². The predicted molar refractivity (Wildman–Crippen MR) is 76.1 cm³/mol. The second-order valence-corrected chi connectivity index (χ2v) is 4.84. The van der Waals surface area contributed by atoms with Crippen LogP contribution in [0.5, 0.6) is 5.75 Å². The van der Waals surface area contributed by atoms with E-state index in [0.29, 0.717) is 5.92 Å². The Kier molecular flexibility index (Phi) is 4.98. The lowest BCUT2D eigenvalue weighted by Crippen LogP contribution is -2.23. The first-order chi connectivity index (χ1) is 9.28. The van der Waals surface area contributed by atoms with E-state index in [1.165, 1.54) is 5.56 Å². The number of nitrogens with one attached hydrogen (secondary N) is 1. The predicted octanol–water partition coefficient (Wildman–Crippen LogP) is 2.32. The van der Waals surface area contributed by atoms with Gasteiger partial charge in [-0.1, -0.05) is 19.1 Å². The molecule has 0 spiro atoms. The second kappa shape index (κ2) is 6.95. The molecule has 0 amide bonds. The topological polar surface area (TPSA) is 39.1 Å². The molecule has 102 valence electrons. The number of hydrogen-bond acceptors (Lipinski definition) is 3. The van der Waals surface area contributed by atoms with Crippen LogP contribution < -0.4 is 10.1 Å². The lowest BCUT2D eigenvalue weighted by Gasteiger charge is -2.13. The zero-order valence-electron chi connectivity index (χ0n) is 11.5. The molecular formula is C15H21N3O. The van der Waals surface area contributed by atoms with Gasteiger partial charge in [-0.15, -0.1) is 0 Å². The van der Waals surface area contributed by atoms with Gasteiger partial charge in [-0.05, 0) is 30.2 Å². The van der Waals surface area contributed by atoms with Crippen molar-refractivity contribution >= 4 is 0 Å². The van der Waals surface area contributed by atoms with Crippen molar-refractivity contribution in [1.82, 2.24) is 14.9 Å². The number of ether oxygens (including phenoxy) is 1. The van der Waals surface area contributed by atoms with Crippen molar-refractivity contribution in [2.75, 3.05) is 13.7 Å². The van der Waals surface area contributed by atoms with E-state index in [9.17, 15) is 0 Å². The van der Waals surface area contributed by atoms with Crippen LogP contribution in [0.25, 0.3) is 0 Å². The van der Waals surface area contributed by atoms with Gasteiger partial charge in [0.15, 0.2) is 0 Å². The Balaban J connectivity index is 1.70. The molecule has 0 fully saturated rings. The van der Waals surface area contributed by atoms with Crippen molar-refractivity contribution in [3.63, 3.8) is 0 Å². The van der Waals surface area contributed by atoms with Crippen molar-refractivity contribution in [3.8, 4) is 5.75 Å². The summed E-state index contributed by atoms with van der Waals surface area (Å²) in [6, 6.07) is 8.16. The molecule has 1 heterocycles. The fraction of sp³-hybridized carbons (Fsp3) is 0.400. The molecule has 19 heavy (non-hydrogen) atoms. The van der Waals surface area contributed by atoms with Gasteiger partial charge in [-0.25, -0.2) is 4.98 Å². The molecule has 4 heteroatoms. The minimum atomic E-state index is 0.576. The van der Waals surface area contributed by atoms with E-state index in [4.69, 9.17) is 4.74 Å². The third kappa shape index (κ3) is 4.41. The van der Waals surface area contributed by atoms with E-state index in [1.807, 2.05) is 30.9 Å². The highest BCUT2D eigenvalue weighted by Gasteiger charge is 2.02. The molecule has 0 aliphatic heterocycles. The average molecular weight is 259 g/mol. The molecule has 4 nitrogen and oxygen atoms in total. The molecule has 0 aliphatic rings. The molecular weight excluding hydrogens is 238 g/mol. The maximum Gasteiger partial charge on any atom is 0.118 e. The summed E-state index contributed by atoms with van der Waals surface area (Å²) in [4.78, 5) is 4.05. The molecule has 1 aromatic carbocycles. The minimum Gasteiger partial charge on any atom is -0.497 e. The maximum absolute atomic E-state index is 5.14. The third-order valence-corrected chi connectivity index (χ3v) is 3.06. The van der Waals surface area contributed by atoms with Crippen LogP contribution in [-0.2, 0) is 13.1 Å². The van der Waals surface area contributed by atoms with Crippen LogP contribution in [0.1, 0.15) is 12.5 Å². The molecule has 0 saturated heterocycles. The SMILES string of the molecule is COc1ccc(CNCC(C)Cn2ccnc2)cc1. The van der Waals surface area contributed by atoms with E-state index in [1.54, 1.807) is 7.11 Å². The standard InChI is InChI=1S/C15H21N3O/c1-13(11-18-8-7-16-12-18)9-17-10-14-3-5-15(19-2)6-4-14/h3-8,12-13,17H,9-11H2,1-2H3. The fourth-order valence-corrected chi connectivity index (χ4v) is 2.03. The zero-order valence-corrected chi connectivity index (χ0v) is 11.5. The minimum absolute atomic E-state index is 0.576. The van der Waals surface area contributed by atoms with Gasteiger partial charge in [-0.3, -0.25) is 0 Å². The van der Waals surface area contributed by atoms with Gasteiger partial charge in [0, 0.05) is 25.5 Å². The molecule has 1 unspecified atom stereocenters. The Morgan fingerprint density at radius 3 is 2.74 bits per heavy atom. The summed E-state index contributed by atoms with van der Waals surface area (Å²) in [5.41, 5.74) is 1.27. The number of methoxy groups -OCH3 is 1. The van der Waals surface area contributed by atoms with Crippen molar-refractivity contribution in [2.24, 2.45) is 5.92 Å². The fourth-order valence-electron chi connectivity index (χ4n) is 2.03. The smallest absolute Gasteiger partial charge is 0.118 e. The summed E-state index contributed by atoms with van der Waals surface area (Å²) >= 11 is 0. The average Bonchev–Trinajstić information content (AvgIpc) is 2.92. The third-order valence-electron chi connectivity index (χ3n) is 3.06. The lowest BCUT2D eigenvalue weighted by atomic mass is 10.1. The Morgan fingerprint density at radius 2 is 2.11 bits per heavy atom. The molecule has 1 atom stereocenters. The van der Waals surface area contributed by atoms with Gasteiger partial charge >= 0.3 is 0 Å². The largest absolute Gasteiger partial charge is 0.497 e. The number of nitrogens with zero attached hydrogens (tertiary/aromatic N) is 2. The normalized spacial score (nSPS) is 12.3. The number of imidazole rings is 1. The van der Waals surface area contributed by atoms with Gasteiger partial charge < -0.3 is 14.6 Å². The number of rotatable bonds is 7. The maximum atomic E-state index is 5.14. The molecule has 2 rings (SSSR count). The summed E-state index contributed by atoms with van der Waals surface area (Å²) in [6.07, 6.45) is 5.68. The first-order valence-electron chi connectivity index (χ1n) is 6.57. The van der Waals surface area contributed by atoms with Crippen LogP contribution in [0.4, 0.5) is 0 Å². The summed E-state index contributed by atoms with van der Waals surface area (Å²) in [5.74, 6) is 1.48. The van der Waals surface area contributed by atoms with Gasteiger partial charge in [0.2, 0.25) is 0 Å². The van der Waals surface area contributed by atoms with E-state index in [0.717, 1.165) is 25.4 Å². The Hall–Kier alpha value is -1.81. The molecule has 0 bridgehead atoms. The Labute approximate surface area is 114 Å². The zero-order chi connectivity index (χ0) is 13.5. The molecule has 0 aliphatic carbocycles. The Bertz CT molecular complexity index is 465. The van der Waals surface area contributed by atoms with Gasteiger partial charge in [0.05, 0.1) is 13.4 Å². The van der Waals surface area contributed by atoms with Crippen LogP contribution >= 0.6 is 0 Å². The van der Waals surface area contributed by atoms with Crippen molar-refractivity contribution in [1.29, 1.82) is 0 Å². The van der Waals surface area contributed by atoms with Crippen LogP contribution in [0.2, 0.25) is 0 Å². The highest BCUT2D eigenvalue weighted by molar-refractivity contribution is 5.26. The Morgan fingerprint density at radius 1 is 1.32 bits per heavy atom. The van der Waals surface area contributed by atoms with Crippen LogP contribution in [0, 0.1) is 5.92 Å². The van der Waals surface area contributed by atoms with Crippen LogP contribution in [-0.4, -0.2) is 23.2 Å². The van der Waals surface area contributed by atoms with Crippen molar-refractivity contribution < 1.29 is 4.74 Å². The summed E-state index contributed by atoms with van der Waals surface area (Å²) in [6.45, 7) is 5.11. The van der Waals surface area contributed by atoms with E-state index in [2.05, 4.69) is 33.9 Å². The van der Waals surface area contributed by atoms with Crippen LogP contribution in [0.3, 0.4) is 0 Å². The van der Waals surface area contributed by atoms with Gasteiger partial charge in [-0.2, -0.15) is 0 Å². The molecule has 1 N–H and O–H groups in total. The van der Waals surface area contributed by atoms with Crippen molar-refractivity contribution in [2.45, 2.75) is 20.0 Å². The summed E-state index contributed by atoms with van der Waals surface area (Å²) < 4.78 is 7.25. The van der Waals surface area contributed by atoms with E-state index < -0.39 is 0 Å². The van der Waals surface area contributed by atoms with E-state index in [-0.39, 0.29) is 0 Å². The molecule has 0 radical (unpaired) electrons. The first-order valence-corrected chi connectivity index (χ1v) is 6.57. The lowest BCUT2D eigenvalue weighted by molar-refractivity contribution is 0.414. The first kappa shape index (κ1) is 13.6.